The molecule has 0 spiro atoms. The third kappa shape index (κ3) is 8.45. The fourth-order valence-electron chi connectivity index (χ4n) is 1.88. The molecule has 10 nitrogen and oxygen atoms in total. The van der Waals surface area contributed by atoms with Crippen LogP contribution in [0.4, 0.5) is 0 Å². The van der Waals surface area contributed by atoms with Crippen LogP contribution in [0.2, 0.25) is 10.0 Å². The molecule has 0 aliphatic rings. The molecule has 0 saturated heterocycles. The lowest BCUT2D eigenvalue weighted by atomic mass is 10.3. The number of hydrogen-bond donors (Lipinski definition) is 2. The fraction of sp³-hybridized carbons (Fsp3) is 0.125. The Morgan fingerprint density at radius 2 is 0.967 bits per heavy atom. The van der Waals surface area contributed by atoms with E-state index in [1.54, 1.807) is 9.44 Å². The average Bonchev–Trinajstić information content (AvgIpc) is 2.63. The fourth-order valence-corrected chi connectivity index (χ4v) is 3.71. The van der Waals surface area contributed by atoms with E-state index in [4.69, 9.17) is 23.2 Å². The normalized spacial score (nSPS) is 11.4. The highest BCUT2D eigenvalue weighted by molar-refractivity contribution is 7.86. The van der Waals surface area contributed by atoms with Gasteiger partial charge in [0.25, 0.3) is 0 Å². The number of halogens is 2. The van der Waals surface area contributed by atoms with E-state index in [-0.39, 0.29) is 11.5 Å². The SMILES string of the molecule is O=C(CCC(=O)NS(=O)(=O)Oc1ccc(Cl)cc1)NS(=O)(=O)Oc1ccc(Cl)cc1. The van der Waals surface area contributed by atoms with Gasteiger partial charge in [0.2, 0.25) is 11.8 Å². The van der Waals surface area contributed by atoms with Crippen molar-refractivity contribution in [2.75, 3.05) is 0 Å². The molecule has 0 unspecified atom stereocenters. The van der Waals surface area contributed by atoms with Crippen LogP contribution in [-0.2, 0) is 30.2 Å². The standard InChI is InChI=1S/C16H14Cl2N2O8S2/c17-11-1-5-13(6-2-11)27-29(23,24)19-15(21)9-10-16(22)20-30(25,26)28-14-7-3-12(18)4-8-14/h1-8H,9-10H2,(H,19,21)(H,20,22). The minimum Gasteiger partial charge on any atom is -0.367 e. The molecule has 2 aromatic rings. The molecule has 162 valence electrons. The largest absolute Gasteiger partial charge is 0.409 e. The lowest BCUT2D eigenvalue weighted by molar-refractivity contribution is -0.124. The Kier molecular flexibility index (Phi) is 7.89. The van der Waals surface area contributed by atoms with Crippen molar-refractivity contribution in [3.63, 3.8) is 0 Å². The van der Waals surface area contributed by atoms with E-state index < -0.39 is 45.3 Å². The van der Waals surface area contributed by atoms with Gasteiger partial charge in [0.15, 0.2) is 0 Å². The quantitative estimate of drug-likeness (QED) is 0.535. The minimum atomic E-state index is -4.50. The first-order valence-electron chi connectivity index (χ1n) is 7.95. The van der Waals surface area contributed by atoms with Crippen molar-refractivity contribution < 1.29 is 34.8 Å². The second-order valence-corrected chi connectivity index (χ2v) is 8.96. The van der Waals surface area contributed by atoms with Crippen molar-refractivity contribution in [1.82, 2.24) is 9.44 Å². The summed E-state index contributed by atoms with van der Waals surface area (Å²) in [5.74, 6) is -2.36. The molecule has 0 aliphatic carbocycles. The van der Waals surface area contributed by atoms with Crippen LogP contribution in [0.25, 0.3) is 0 Å². The van der Waals surface area contributed by atoms with Crippen LogP contribution in [0.15, 0.2) is 48.5 Å². The van der Waals surface area contributed by atoms with Crippen molar-refractivity contribution in [3.05, 3.63) is 58.6 Å². The number of nitrogens with one attached hydrogen (secondary N) is 2. The summed E-state index contributed by atoms with van der Waals surface area (Å²) < 4.78 is 59.6. The molecule has 14 heteroatoms. The van der Waals surface area contributed by atoms with Crippen LogP contribution in [0.1, 0.15) is 12.8 Å². The Balaban J connectivity index is 1.82. The van der Waals surface area contributed by atoms with Gasteiger partial charge in [0.1, 0.15) is 11.5 Å². The molecule has 0 radical (unpaired) electrons. The summed E-state index contributed by atoms with van der Waals surface area (Å²) in [6.07, 6.45) is -1.27. The van der Waals surface area contributed by atoms with Crippen molar-refractivity contribution >= 4 is 55.6 Å². The molecule has 2 amide bonds. The maximum atomic E-state index is 11.8. The number of hydrogen-bond acceptors (Lipinski definition) is 8. The number of amides is 2. The van der Waals surface area contributed by atoms with Gasteiger partial charge in [0.05, 0.1) is 0 Å². The van der Waals surface area contributed by atoms with E-state index in [9.17, 15) is 26.4 Å². The highest BCUT2D eigenvalue weighted by Crippen LogP contribution is 2.17. The van der Waals surface area contributed by atoms with Crippen LogP contribution in [0.5, 0.6) is 11.5 Å². The van der Waals surface area contributed by atoms with Crippen molar-refractivity contribution in [3.8, 4) is 11.5 Å². The molecule has 2 N–H and O–H groups in total. The lowest BCUT2D eigenvalue weighted by Crippen LogP contribution is -2.37. The van der Waals surface area contributed by atoms with Gasteiger partial charge in [-0.1, -0.05) is 23.2 Å². The molecule has 0 aliphatic heterocycles. The second-order valence-electron chi connectivity index (χ2n) is 5.53. The van der Waals surface area contributed by atoms with Gasteiger partial charge in [-0.15, -0.1) is 0 Å². The van der Waals surface area contributed by atoms with Crippen LogP contribution >= 0.6 is 23.2 Å². The smallest absolute Gasteiger partial charge is 0.367 e. The molecule has 0 bridgehead atoms. The third-order valence-corrected chi connectivity index (χ3v) is 5.38. The Bertz CT molecular complexity index is 1030. The average molecular weight is 497 g/mol. The van der Waals surface area contributed by atoms with Gasteiger partial charge < -0.3 is 8.37 Å². The number of carbonyl (C=O) groups excluding carboxylic acids is 2. The van der Waals surface area contributed by atoms with E-state index in [1.165, 1.54) is 48.5 Å². The molecule has 2 aromatic carbocycles. The zero-order valence-corrected chi connectivity index (χ0v) is 18.0. The Morgan fingerprint density at radius 1 is 0.667 bits per heavy atom. The van der Waals surface area contributed by atoms with Gasteiger partial charge in [0, 0.05) is 22.9 Å². The molecule has 30 heavy (non-hydrogen) atoms. The third-order valence-electron chi connectivity index (χ3n) is 3.10. The van der Waals surface area contributed by atoms with Crippen molar-refractivity contribution in [2.45, 2.75) is 12.8 Å². The summed E-state index contributed by atoms with van der Waals surface area (Å²) in [5, 5.41) is 0.703. The minimum absolute atomic E-state index is 0.0946. The molecule has 0 fully saturated rings. The second kappa shape index (κ2) is 9.98. The maximum Gasteiger partial charge on any atom is 0.409 e. The van der Waals surface area contributed by atoms with Crippen molar-refractivity contribution in [1.29, 1.82) is 0 Å². The monoisotopic (exact) mass is 496 g/mol. The van der Waals surface area contributed by atoms with Crippen LogP contribution in [-0.4, -0.2) is 28.6 Å². The molecule has 2 rings (SSSR count). The predicted molar refractivity (Wildman–Crippen MR) is 108 cm³/mol. The highest BCUT2D eigenvalue weighted by atomic mass is 35.5. The van der Waals surface area contributed by atoms with Gasteiger partial charge in [-0.3, -0.25) is 9.59 Å². The van der Waals surface area contributed by atoms with Gasteiger partial charge in [-0.25, -0.2) is 9.44 Å². The molecule has 0 atom stereocenters. The summed E-state index contributed by atoms with van der Waals surface area (Å²) >= 11 is 11.3. The number of benzene rings is 2. The molecular weight excluding hydrogens is 483 g/mol. The van der Waals surface area contributed by atoms with Crippen molar-refractivity contribution in [2.24, 2.45) is 0 Å². The number of rotatable bonds is 9. The van der Waals surface area contributed by atoms with E-state index >= 15 is 0 Å². The van der Waals surface area contributed by atoms with E-state index in [0.717, 1.165) is 0 Å². The summed E-state index contributed by atoms with van der Waals surface area (Å²) in [6.45, 7) is 0. The van der Waals surface area contributed by atoms with Crippen LogP contribution in [0, 0.1) is 0 Å². The molecule has 0 saturated carbocycles. The summed E-state index contributed by atoms with van der Waals surface area (Å²) in [4.78, 5) is 23.5. The predicted octanol–water partition coefficient (Wildman–Crippen LogP) is 1.95. The first-order valence-corrected chi connectivity index (χ1v) is 11.5. The molecular formula is C16H14Cl2N2O8S2. The summed E-state index contributed by atoms with van der Waals surface area (Å²) in [6, 6.07) is 10.6. The van der Waals surface area contributed by atoms with E-state index in [2.05, 4.69) is 8.37 Å². The molecule has 0 aromatic heterocycles. The Hall–Kier alpha value is -2.54. The highest BCUT2D eigenvalue weighted by Gasteiger charge is 2.20. The van der Waals surface area contributed by atoms with Gasteiger partial charge in [-0.05, 0) is 48.5 Å². The van der Waals surface area contributed by atoms with Crippen LogP contribution < -0.4 is 17.8 Å². The number of carbonyl (C=O) groups is 2. The topological polar surface area (TPSA) is 145 Å². The zero-order chi connectivity index (χ0) is 22.4. The van der Waals surface area contributed by atoms with E-state index in [0.29, 0.717) is 10.0 Å². The van der Waals surface area contributed by atoms with Crippen LogP contribution in [0.3, 0.4) is 0 Å². The molecule has 0 heterocycles. The summed E-state index contributed by atoms with van der Waals surface area (Å²) in [5.41, 5.74) is 0. The van der Waals surface area contributed by atoms with Gasteiger partial charge >= 0.3 is 20.6 Å². The first kappa shape index (κ1) is 23.7. The zero-order valence-electron chi connectivity index (χ0n) is 14.9. The van der Waals surface area contributed by atoms with E-state index in [1.807, 2.05) is 0 Å². The maximum absolute atomic E-state index is 11.8. The Morgan fingerprint density at radius 3 is 1.27 bits per heavy atom. The summed E-state index contributed by atoms with van der Waals surface area (Å²) in [7, 11) is -9.00. The lowest BCUT2D eigenvalue weighted by Gasteiger charge is -2.09. The first-order chi connectivity index (χ1) is 13.9. The Labute approximate surface area is 182 Å². The van der Waals surface area contributed by atoms with Gasteiger partial charge in [-0.2, -0.15) is 16.8 Å².